The maximum Gasteiger partial charge on any atom is 0.330 e. The number of nitrogens with one attached hydrogen (secondary N) is 2. The van der Waals surface area contributed by atoms with Gasteiger partial charge in [-0.15, -0.1) is 11.3 Å². The van der Waals surface area contributed by atoms with Gasteiger partial charge in [0.15, 0.2) is 0 Å². The van der Waals surface area contributed by atoms with Crippen molar-refractivity contribution in [3.8, 4) is 5.75 Å². The normalized spacial score (nSPS) is 12.8. The number of amides is 3. The maximum atomic E-state index is 14.0. The molecule has 1 heterocycles. The third-order valence-corrected chi connectivity index (χ3v) is 8.68. The minimum atomic E-state index is -4.44. The van der Waals surface area contributed by atoms with E-state index in [0.29, 0.717) is 23.0 Å². The zero-order valence-corrected chi connectivity index (χ0v) is 24.1. The van der Waals surface area contributed by atoms with E-state index in [1.807, 2.05) is 4.72 Å². The monoisotopic (exact) mass is 603 g/mol. The third kappa shape index (κ3) is 6.72. The molecule has 216 valence electrons. The van der Waals surface area contributed by atoms with Gasteiger partial charge in [-0.2, -0.15) is 8.42 Å². The molecule has 0 unspecified atom stereocenters. The lowest BCUT2D eigenvalue weighted by Gasteiger charge is -2.29. The van der Waals surface area contributed by atoms with Crippen LogP contribution < -0.4 is 24.0 Å². The van der Waals surface area contributed by atoms with Crippen molar-refractivity contribution in [2.75, 3.05) is 30.4 Å². The first-order valence-corrected chi connectivity index (χ1v) is 14.5. The zero-order valence-electron chi connectivity index (χ0n) is 22.5. The van der Waals surface area contributed by atoms with E-state index >= 15 is 0 Å². The molecule has 1 aromatic heterocycles. The van der Waals surface area contributed by atoms with Crippen LogP contribution in [-0.2, 0) is 15.0 Å². The summed E-state index contributed by atoms with van der Waals surface area (Å²) in [6, 6.07) is 11.4. The van der Waals surface area contributed by atoms with E-state index in [1.165, 1.54) is 56.5 Å². The van der Waals surface area contributed by atoms with Gasteiger partial charge < -0.3 is 15.0 Å². The number of fused-ring (bicyclic) bond motifs is 1. The van der Waals surface area contributed by atoms with Gasteiger partial charge in [-0.05, 0) is 48.0 Å². The number of hydrogen-bond acceptors (Lipinski definition) is 7. The predicted octanol–water partition coefficient (Wildman–Crippen LogP) is 4.40. The fourth-order valence-electron chi connectivity index (χ4n) is 4.12. The van der Waals surface area contributed by atoms with Crippen molar-refractivity contribution in [1.29, 1.82) is 0 Å². The van der Waals surface area contributed by atoms with Gasteiger partial charge in [0, 0.05) is 37.8 Å². The lowest BCUT2D eigenvalue weighted by Crippen LogP contribution is -2.55. The second-order valence-corrected chi connectivity index (χ2v) is 11.7. The number of rotatable bonds is 9. The SMILES string of the molecule is COc1cccc(N(C)S(=O)(=O)NC(=O)N[C@H](C(=O)N(C)c2ccc3scnc3c2)[C@H](C)c2cc(F)cc(F)c2)c1. The first kappa shape index (κ1) is 29.7. The van der Waals surface area contributed by atoms with Crippen molar-refractivity contribution in [1.82, 2.24) is 15.0 Å². The number of likely N-dealkylation sites (N-methyl/N-ethyl adjacent to an activating group) is 1. The van der Waals surface area contributed by atoms with E-state index in [9.17, 15) is 26.8 Å². The molecule has 0 saturated carbocycles. The molecule has 2 atom stereocenters. The molecule has 3 aromatic carbocycles. The van der Waals surface area contributed by atoms with Gasteiger partial charge >= 0.3 is 16.2 Å². The molecule has 0 bridgehead atoms. The van der Waals surface area contributed by atoms with E-state index in [4.69, 9.17) is 4.74 Å². The predicted molar refractivity (Wildman–Crippen MR) is 154 cm³/mol. The Morgan fingerprint density at radius 1 is 1.00 bits per heavy atom. The molecule has 0 fully saturated rings. The molecular formula is C27H27F2N5O5S2. The standard InChI is InChI=1S/C27H27F2N5O5S2/c1-16(17-10-18(28)12-19(29)11-17)25(26(35)33(2)20-8-9-24-23(14-20)30-15-40-24)31-27(36)32-41(37,38)34(3)21-6-5-7-22(13-21)39-4/h5-16,25H,1-4H3,(H2,31,32,36)/t16-,25+/m1/s1. The van der Waals surface area contributed by atoms with Crippen molar-refractivity contribution in [2.45, 2.75) is 18.9 Å². The molecule has 0 saturated heterocycles. The Morgan fingerprint density at radius 2 is 1.71 bits per heavy atom. The number of benzene rings is 3. The molecule has 3 amide bonds. The van der Waals surface area contributed by atoms with Crippen LogP contribution in [0.3, 0.4) is 0 Å². The first-order chi connectivity index (χ1) is 19.4. The molecule has 41 heavy (non-hydrogen) atoms. The van der Waals surface area contributed by atoms with Crippen LogP contribution in [0.15, 0.2) is 66.2 Å². The molecule has 0 aliphatic heterocycles. The molecule has 0 aliphatic rings. The van der Waals surface area contributed by atoms with E-state index in [1.54, 1.807) is 35.8 Å². The average molecular weight is 604 g/mol. The summed E-state index contributed by atoms with van der Waals surface area (Å²) in [5.74, 6) is -2.97. The van der Waals surface area contributed by atoms with Crippen LogP contribution in [0.4, 0.5) is 25.0 Å². The molecule has 0 spiro atoms. The number of anilines is 2. The van der Waals surface area contributed by atoms with Gasteiger partial charge in [-0.3, -0.25) is 9.10 Å². The summed E-state index contributed by atoms with van der Waals surface area (Å²) in [7, 11) is -0.318. The molecule has 2 N–H and O–H groups in total. The Labute approximate surface area is 239 Å². The molecule has 10 nitrogen and oxygen atoms in total. The van der Waals surface area contributed by atoms with Gasteiger partial charge in [-0.1, -0.05) is 13.0 Å². The highest BCUT2D eigenvalue weighted by molar-refractivity contribution is 7.91. The number of methoxy groups -OCH3 is 1. The van der Waals surface area contributed by atoms with Crippen LogP contribution in [0.2, 0.25) is 0 Å². The smallest absolute Gasteiger partial charge is 0.330 e. The summed E-state index contributed by atoms with van der Waals surface area (Å²) >= 11 is 1.42. The Balaban J connectivity index is 1.61. The Bertz CT molecular complexity index is 1680. The number of hydrogen-bond donors (Lipinski definition) is 2. The van der Waals surface area contributed by atoms with Gasteiger partial charge in [0.05, 0.1) is 28.5 Å². The number of urea groups is 1. The summed E-state index contributed by atoms with van der Waals surface area (Å²) in [5.41, 5.74) is 3.05. The lowest BCUT2D eigenvalue weighted by atomic mass is 9.92. The number of halogens is 2. The average Bonchev–Trinajstić information content (AvgIpc) is 3.41. The molecule has 0 aliphatic carbocycles. The number of ether oxygens (including phenoxy) is 1. The fraction of sp³-hybridized carbons (Fsp3) is 0.222. The molecule has 4 aromatic rings. The van der Waals surface area contributed by atoms with Crippen molar-refractivity contribution in [3.63, 3.8) is 0 Å². The van der Waals surface area contributed by atoms with Crippen molar-refractivity contribution >= 4 is 55.1 Å². The zero-order chi connectivity index (χ0) is 29.9. The highest BCUT2D eigenvalue weighted by Crippen LogP contribution is 2.27. The largest absolute Gasteiger partial charge is 0.497 e. The summed E-state index contributed by atoms with van der Waals surface area (Å²) in [5, 5.41) is 2.39. The van der Waals surface area contributed by atoms with E-state index < -0.39 is 45.7 Å². The van der Waals surface area contributed by atoms with Crippen LogP contribution in [0.25, 0.3) is 10.2 Å². The number of carbonyl (C=O) groups is 2. The number of thiazole rings is 1. The third-order valence-electron chi connectivity index (χ3n) is 6.49. The number of nitrogens with zero attached hydrogens (tertiary/aromatic N) is 3. The lowest BCUT2D eigenvalue weighted by molar-refractivity contribution is -0.120. The maximum absolute atomic E-state index is 14.0. The van der Waals surface area contributed by atoms with Crippen LogP contribution >= 0.6 is 11.3 Å². The number of carbonyl (C=O) groups excluding carboxylic acids is 2. The second kappa shape index (κ2) is 12.1. The van der Waals surface area contributed by atoms with Gasteiger partial charge in [-0.25, -0.2) is 23.3 Å². The summed E-state index contributed by atoms with van der Waals surface area (Å²) in [6.07, 6.45) is 0. The molecular weight excluding hydrogens is 576 g/mol. The Hall–Kier alpha value is -4.30. The van der Waals surface area contributed by atoms with Gasteiger partial charge in [0.25, 0.3) is 0 Å². The van der Waals surface area contributed by atoms with E-state index in [-0.39, 0.29) is 11.3 Å². The first-order valence-electron chi connectivity index (χ1n) is 12.2. The van der Waals surface area contributed by atoms with Crippen LogP contribution in [0.5, 0.6) is 5.75 Å². The van der Waals surface area contributed by atoms with Gasteiger partial charge in [0.2, 0.25) is 5.91 Å². The molecule has 14 heteroatoms. The van der Waals surface area contributed by atoms with Gasteiger partial charge in [0.1, 0.15) is 23.4 Å². The van der Waals surface area contributed by atoms with Crippen LogP contribution in [0, 0.1) is 11.6 Å². The number of aromatic nitrogens is 1. The van der Waals surface area contributed by atoms with Crippen LogP contribution in [-0.4, -0.2) is 52.6 Å². The minimum absolute atomic E-state index is 0.0841. The summed E-state index contributed by atoms with van der Waals surface area (Å²) < 4.78 is 62.8. The minimum Gasteiger partial charge on any atom is -0.497 e. The highest BCUT2D eigenvalue weighted by atomic mass is 32.2. The highest BCUT2D eigenvalue weighted by Gasteiger charge is 2.33. The van der Waals surface area contributed by atoms with Crippen molar-refractivity contribution < 1.29 is 31.5 Å². The van der Waals surface area contributed by atoms with Crippen molar-refractivity contribution in [3.05, 3.63) is 83.4 Å². The van der Waals surface area contributed by atoms with E-state index in [2.05, 4.69) is 10.3 Å². The van der Waals surface area contributed by atoms with Crippen LogP contribution in [0.1, 0.15) is 18.4 Å². The molecule has 4 rings (SSSR count). The molecule has 0 radical (unpaired) electrons. The van der Waals surface area contributed by atoms with Crippen molar-refractivity contribution in [2.24, 2.45) is 0 Å². The Morgan fingerprint density at radius 3 is 2.39 bits per heavy atom. The quantitative estimate of drug-likeness (QED) is 0.293. The fourth-order valence-corrected chi connectivity index (χ4v) is 5.60. The summed E-state index contributed by atoms with van der Waals surface area (Å²) in [6.45, 7) is 1.49. The summed E-state index contributed by atoms with van der Waals surface area (Å²) in [4.78, 5) is 32.3. The van der Waals surface area contributed by atoms with E-state index in [0.717, 1.165) is 21.1 Å². The topological polar surface area (TPSA) is 121 Å². The Kier molecular flexibility index (Phi) is 8.73. The second-order valence-electron chi connectivity index (χ2n) is 9.12.